The van der Waals surface area contributed by atoms with Crippen molar-refractivity contribution in [2.24, 2.45) is 7.05 Å². The van der Waals surface area contributed by atoms with Crippen LogP contribution in [0.15, 0.2) is 24.7 Å². The number of hydrogen-bond donors (Lipinski definition) is 1. The molecule has 0 unspecified atom stereocenters. The third-order valence-corrected chi connectivity index (χ3v) is 2.37. The molecule has 0 fully saturated rings. The highest BCUT2D eigenvalue weighted by molar-refractivity contribution is 5.85. The van der Waals surface area contributed by atoms with Crippen LogP contribution in [-0.4, -0.2) is 32.6 Å². The number of nitrogens with zero attached hydrogens (tertiary/aromatic N) is 4. The van der Waals surface area contributed by atoms with E-state index >= 15 is 0 Å². The molecule has 7 nitrogen and oxygen atoms in total. The van der Waals surface area contributed by atoms with Crippen LogP contribution < -0.4 is 5.32 Å². The van der Waals surface area contributed by atoms with E-state index in [-0.39, 0.29) is 5.82 Å². The van der Waals surface area contributed by atoms with Gasteiger partial charge in [0.1, 0.15) is 11.6 Å². The average Bonchev–Trinajstić information content (AvgIpc) is 2.81. The van der Waals surface area contributed by atoms with E-state index in [0.717, 1.165) is 5.82 Å². The summed E-state index contributed by atoms with van der Waals surface area (Å²) in [6, 6.07) is 1.68. The summed E-state index contributed by atoms with van der Waals surface area (Å²) in [6.45, 7) is 0.515. The predicted molar refractivity (Wildman–Crippen MR) is 63.9 cm³/mol. The zero-order valence-corrected chi connectivity index (χ0v) is 10.1. The van der Waals surface area contributed by atoms with E-state index in [1.54, 1.807) is 12.3 Å². The number of anilines is 1. The van der Waals surface area contributed by atoms with Crippen molar-refractivity contribution in [1.29, 1.82) is 0 Å². The zero-order valence-electron chi connectivity index (χ0n) is 10.1. The maximum absolute atomic E-state index is 11.3. The number of nitrogens with one attached hydrogen (secondary N) is 1. The first-order valence-electron chi connectivity index (χ1n) is 5.32. The molecule has 0 saturated carbocycles. The van der Waals surface area contributed by atoms with Crippen LogP contribution in [0.5, 0.6) is 0 Å². The molecule has 0 aliphatic rings. The summed E-state index contributed by atoms with van der Waals surface area (Å²) in [6.07, 6.45) is 5.08. The quantitative estimate of drug-likeness (QED) is 0.797. The zero-order chi connectivity index (χ0) is 13.0. The van der Waals surface area contributed by atoms with Gasteiger partial charge in [0.2, 0.25) is 5.82 Å². The average molecular weight is 247 g/mol. The lowest BCUT2D eigenvalue weighted by Crippen LogP contribution is -2.11. The van der Waals surface area contributed by atoms with Gasteiger partial charge in [0.15, 0.2) is 0 Å². The molecule has 2 aromatic rings. The van der Waals surface area contributed by atoms with Crippen LogP contribution >= 0.6 is 0 Å². The van der Waals surface area contributed by atoms with Gasteiger partial charge in [-0.1, -0.05) is 0 Å². The monoisotopic (exact) mass is 247 g/mol. The fraction of sp³-hybridized carbons (Fsp3) is 0.273. The van der Waals surface area contributed by atoms with Crippen LogP contribution in [0.4, 0.5) is 5.82 Å². The maximum atomic E-state index is 11.3. The van der Waals surface area contributed by atoms with E-state index in [4.69, 9.17) is 0 Å². The van der Waals surface area contributed by atoms with Gasteiger partial charge in [-0.15, -0.1) is 0 Å². The first kappa shape index (κ1) is 12.0. The highest BCUT2D eigenvalue weighted by atomic mass is 16.5. The van der Waals surface area contributed by atoms with E-state index in [9.17, 15) is 4.79 Å². The van der Waals surface area contributed by atoms with Crippen LogP contribution in [0, 0.1) is 0 Å². The lowest BCUT2D eigenvalue weighted by Gasteiger charge is -2.06. The van der Waals surface area contributed by atoms with E-state index in [1.807, 2.05) is 17.8 Å². The number of carbonyl (C=O) groups is 1. The maximum Gasteiger partial charge on any atom is 0.376 e. The molecule has 0 bridgehead atoms. The minimum Gasteiger partial charge on any atom is -0.463 e. The van der Waals surface area contributed by atoms with Gasteiger partial charge in [0, 0.05) is 25.6 Å². The van der Waals surface area contributed by atoms with Crippen molar-refractivity contribution in [2.75, 3.05) is 12.4 Å². The molecule has 0 aliphatic carbocycles. The van der Waals surface area contributed by atoms with Crippen molar-refractivity contribution in [3.05, 3.63) is 36.3 Å². The molecule has 1 N–H and O–H groups in total. The van der Waals surface area contributed by atoms with E-state index in [2.05, 4.69) is 25.0 Å². The third-order valence-electron chi connectivity index (χ3n) is 2.37. The molecule has 0 aromatic carbocycles. The minimum absolute atomic E-state index is 0.0299. The Morgan fingerprint density at radius 1 is 1.44 bits per heavy atom. The molecule has 7 heteroatoms. The second-order valence-corrected chi connectivity index (χ2v) is 3.56. The van der Waals surface area contributed by atoms with Crippen LogP contribution in [0.25, 0.3) is 0 Å². The van der Waals surface area contributed by atoms with Crippen molar-refractivity contribution in [3.63, 3.8) is 0 Å². The van der Waals surface area contributed by atoms with Gasteiger partial charge < -0.3 is 14.6 Å². The Hall–Kier alpha value is -2.44. The molecule has 2 rings (SSSR count). The van der Waals surface area contributed by atoms with Crippen LogP contribution in [0.1, 0.15) is 16.4 Å². The van der Waals surface area contributed by atoms with Gasteiger partial charge in [-0.2, -0.15) is 0 Å². The van der Waals surface area contributed by atoms with Crippen molar-refractivity contribution in [3.8, 4) is 0 Å². The molecular weight excluding hydrogens is 234 g/mol. The summed E-state index contributed by atoms with van der Waals surface area (Å²) in [5.74, 6) is 0.889. The smallest absolute Gasteiger partial charge is 0.376 e. The summed E-state index contributed by atoms with van der Waals surface area (Å²) in [5.41, 5.74) is 0. The number of hydrogen-bond acceptors (Lipinski definition) is 6. The number of methoxy groups -OCH3 is 1. The number of carbonyl (C=O) groups excluding carboxylic acids is 1. The fourth-order valence-electron chi connectivity index (χ4n) is 1.38. The van der Waals surface area contributed by atoms with Crippen LogP contribution in [0.2, 0.25) is 0 Å². The minimum atomic E-state index is -0.560. The molecule has 0 atom stereocenters. The summed E-state index contributed by atoms with van der Waals surface area (Å²) in [5, 5.41) is 3.07. The van der Waals surface area contributed by atoms with Crippen LogP contribution in [-0.2, 0) is 18.3 Å². The van der Waals surface area contributed by atoms with Crippen molar-refractivity contribution in [2.45, 2.75) is 6.54 Å². The van der Waals surface area contributed by atoms with Crippen molar-refractivity contribution >= 4 is 11.8 Å². The second-order valence-electron chi connectivity index (χ2n) is 3.56. The normalized spacial score (nSPS) is 10.1. The van der Waals surface area contributed by atoms with Gasteiger partial charge in [0.25, 0.3) is 0 Å². The molecule has 2 heterocycles. The molecular formula is C11H13N5O2. The molecule has 18 heavy (non-hydrogen) atoms. The molecule has 2 aromatic heterocycles. The Morgan fingerprint density at radius 2 is 2.28 bits per heavy atom. The number of ether oxygens (including phenoxy) is 1. The number of esters is 1. The van der Waals surface area contributed by atoms with Crippen molar-refractivity contribution < 1.29 is 9.53 Å². The number of rotatable bonds is 4. The Balaban J connectivity index is 2.06. The van der Waals surface area contributed by atoms with Crippen LogP contribution in [0.3, 0.4) is 0 Å². The summed E-state index contributed by atoms with van der Waals surface area (Å²) in [4.78, 5) is 23.3. The molecule has 0 amide bonds. The Labute approximate surface area is 104 Å². The Bertz CT molecular complexity index is 552. The summed E-state index contributed by atoms with van der Waals surface area (Å²) < 4.78 is 6.45. The van der Waals surface area contributed by atoms with Gasteiger partial charge in [-0.25, -0.2) is 19.7 Å². The first-order chi connectivity index (χ1) is 8.70. The predicted octanol–water partition coefficient (Wildman–Crippen LogP) is 0.609. The van der Waals surface area contributed by atoms with Gasteiger partial charge in [-0.05, 0) is 6.07 Å². The Morgan fingerprint density at radius 3 is 2.94 bits per heavy atom. The highest BCUT2D eigenvalue weighted by Crippen LogP contribution is 2.05. The molecule has 0 aliphatic heterocycles. The number of imidazole rings is 1. The van der Waals surface area contributed by atoms with Crippen molar-refractivity contribution in [1.82, 2.24) is 19.5 Å². The first-order valence-corrected chi connectivity index (χ1v) is 5.32. The van der Waals surface area contributed by atoms with Gasteiger partial charge >= 0.3 is 5.97 Å². The van der Waals surface area contributed by atoms with Gasteiger partial charge in [-0.3, -0.25) is 0 Å². The number of aryl methyl sites for hydroxylation is 1. The number of aromatic nitrogens is 4. The highest BCUT2D eigenvalue weighted by Gasteiger charge is 2.09. The largest absolute Gasteiger partial charge is 0.463 e. The summed E-state index contributed by atoms with van der Waals surface area (Å²) in [7, 11) is 3.20. The van der Waals surface area contributed by atoms with E-state index in [0.29, 0.717) is 12.4 Å². The molecule has 94 valence electrons. The summed E-state index contributed by atoms with van der Waals surface area (Å²) >= 11 is 0. The third kappa shape index (κ3) is 2.62. The lowest BCUT2D eigenvalue weighted by atomic mass is 10.5. The molecule has 0 spiro atoms. The second kappa shape index (κ2) is 5.26. The lowest BCUT2D eigenvalue weighted by molar-refractivity contribution is 0.0587. The fourth-order valence-corrected chi connectivity index (χ4v) is 1.38. The topological polar surface area (TPSA) is 81.9 Å². The SMILES string of the molecule is COC(=O)c1nccc(NCc2nccn2C)n1. The standard InChI is InChI=1S/C11H13N5O2/c1-16-6-5-12-9(16)7-14-8-3-4-13-10(15-8)11(17)18-2/h3-6H,7H2,1-2H3,(H,13,14,15). The Kier molecular flexibility index (Phi) is 3.52. The van der Waals surface area contributed by atoms with E-state index < -0.39 is 5.97 Å². The van der Waals surface area contributed by atoms with E-state index in [1.165, 1.54) is 13.3 Å². The van der Waals surface area contributed by atoms with Gasteiger partial charge in [0.05, 0.1) is 13.7 Å². The molecule has 0 saturated heterocycles. The molecule has 0 radical (unpaired) electrons.